The van der Waals surface area contributed by atoms with Crippen LogP contribution in [0.25, 0.3) is 0 Å². The lowest BCUT2D eigenvalue weighted by atomic mass is 9.97. The third-order valence-electron chi connectivity index (χ3n) is 4.53. The molecule has 1 aliphatic rings. The average molecular weight is 313 g/mol. The molecule has 0 aliphatic carbocycles. The minimum absolute atomic E-state index is 0.352. The van der Waals surface area contributed by atoms with E-state index in [4.69, 9.17) is 5.11 Å². The number of hydrogen-bond donors (Lipinski definition) is 1. The zero-order chi connectivity index (χ0) is 16.2. The molecule has 3 rings (SSSR count). The molecule has 2 aromatic rings. The maximum Gasteiger partial charge on any atom is 0.335 e. The zero-order valence-electron chi connectivity index (χ0n) is 13.5. The summed E-state index contributed by atoms with van der Waals surface area (Å²) in [6, 6.07) is 7.31. The number of imidazole rings is 1. The Morgan fingerprint density at radius 2 is 2.13 bits per heavy atom. The number of carbonyl (C=O) groups is 1. The molecule has 0 bridgehead atoms. The van der Waals surface area contributed by atoms with Gasteiger partial charge in [-0.15, -0.1) is 0 Å². The Kier molecular flexibility index (Phi) is 4.76. The van der Waals surface area contributed by atoms with E-state index in [2.05, 4.69) is 27.6 Å². The van der Waals surface area contributed by atoms with Gasteiger partial charge in [0, 0.05) is 25.5 Å². The average Bonchev–Trinajstić information content (AvgIpc) is 3.18. The highest BCUT2D eigenvalue weighted by atomic mass is 16.4. The topological polar surface area (TPSA) is 58.4 Å². The predicted octanol–water partition coefficient (Wildman–Crippen LogP) is 2.98. The van der Waals surface area contributed by atoms with Gasteiger partial charge in [-0.25, -0.2) is 9.78 Å². The molecule has 0 amide bonds. The third-order valence-corrected chi connectivity index (χ3v) is 4.53. The molecule has 1 N–H and O–H groups in total. The van der Waals surface area contributed by atoms with Gasteiger partial charge in [0.1, 0.15) is 5.82 Å². The van der Waals surface area contributed by atoms with Gasteiger partial charge in [0.15, 0.2) is 0 Å². The fourth-order valence-electron chi connectivity index (χ4n) is 3.28. The second kappa shape index (κ2) is 6.96. The van der Waals surface area contributed by atoms with E-state index in [-0.39, 0.29) is 0 Å². The first-order chi connectivity index (χ1) is 11.2. The summed E-state index contributed by atoms with van der Waals surface area (Å²) < 4.78 is 2.23. The summed E-state index contributed by atoms with van der Waals surface area (Å²) in [5.74, 6) is 0.744. The first-order valence-corrected chi connectivity index (χ1v) is 8.23. The molecule has 1 unspecified atom stereocenters. The van der Waals surface area contributed by atoms with Crippen molar-refractivity contribution in [1.29, 1.82) is 0 Å². The normalized spacial score (nSPS) is 18.4. The summed E-state index contributed by atoms with van der Waals surface area (Å²) in [6.07, 6.45) is 6.16. The van der Waals surface area contributed by atoms with Crippen LogP contribution in [0.2, 0.25) is 0 Å². The molecule has 1 aliphatic heterocycles. The van der Waals surface area contributed by atoms with E-state index in [0.29, 0.717) is 11.5 Å². The molecule has 5 nitrogen and oxygen atoms in total. The molecular formula is C18H23N3O2. The van der Waals surface area contributed by atoms with Gasteiger partial charge in [-0.05, 0) is 43.0 Å². The van der Waals surface area contributed by atoms with Crippen molar-refractivity contribution in [3.05, 3.63) is 53.6 Å². The van der Waals surface area contributed by atoms with Gasteiger partial charge in [0.05, 0.1) is 12.1 Å². The number of nitrogens with zero attached hydrogens (tertiary/aromatic N) is 3. The molecule has 1 aromatic heterocycles. The summed E-state index contributed by atoms with van der Waals surface area (Å²) >= 11 is 0. The fraction of sp³-hybridized carbons (Fsp3) is 0.444. The maximum atomic E-state index is 10.9. The van der Waals surface area contributed by atoms with Gasteiger partial charge < -0.3 is 9.67 Å². The maximum absolute atomic E-state index is 10.9. The number of aryl methyl sites for hydroxylation is 1. The van der Waals surface area contributed by atoms with Gasteiger partial charge >= 0.3 is 5.97 Å². The van der Waals surface area contributed by atoms with E-state index in [1.54, 1.807) is 12.1 Å². The van der Waals surface area contributed by atoms with E-state index in [9.17, 15) is 4.79 Å². The molecule has 0 saturated carbocycles. The number of hydrogen-bond acceptors (Lipinski definition) is 3. The molecule has 1 saturated heterocycles. The molecule has 1 aromatic carbocycles. The van der Waals surface area contributed by atoms with Gasteiger partial charge in [-0.3, -0.25) is 4.90 Å². The molecular weight excluding hydrogens is 290 g/mol. The van der Waals surface area contributed by atoms with Crippen molar-refractivity contribution in [1.82, 2.24) is 14.5 Å². The molecule has 122 valence electrons. The van der Waals surface area contributed by atoms with E-state index in [0.717, 1.165) is 44.8 Å². The second-order valence-corrected chi connectivity index (χ2v) is 6.18. The summed E-state index contributed by atoms with van der Waals surface area (Å²) in [5.41, 5.74) is 1.58. The Morgan fingerprint density at radius 3 is 2.83 bits per heavy atom. The van der Waals surface area contributed by atoms with Crippen molar-refractivity contribution in [3.8, 4) is 0 Å². The minimum Gasteiger partial charge on any atom is -0.478 e. The predicted molar refractivity (Wildman–Crippen MR) is 88.6 cm³/mol. The first kappa shape index (κ1) is 15.7. The third kappa shape index (κ3) is 3.62. The number of aromatic carboxylic acids is 1. The van der Waals surface area contributed by atoms with Crippen LogP contribution in [0.3, 0.4) is 0 Å². The van der Waals surface area contributed by atoms with Crippen LogP contribution >= 0.6 is 0 Å². The van der Waals surface area contributed by atoms with E-state index in [1.165, 1.54) is 5.56 Å². The highest BCUT2D eigenvalue weighted by Gasteiger charge is 2.24. The SMILES string of the molecule is CCCn1ccnc1CN1CCC(c2ccc(C(=O)O)cc2)C1. The van der Waals surface area contributed by atoms with Crippen LogP contribution in [-0.2, 0) is 13.1 Å². The number of carboxylic acids is 1. The Morgan fingerprint density at radius 1 is 1.35 bits per heavy atom. The monoisotopic (exact) mass is 313 g/mol. The lowest BCUT2D eigenvalue weighted by Crippen LogP contribution is -2.22. The second-order valence-electron chi connectivity index (χ2n) is 6.18. The highest BCUT2D eigenvalue weighted by Crippen LogP contribution is 2.28. The van der Waals surface area contributed by atoms with Gasteiger partial charge in [0.25, 0.3) is 0 Å². The number of benzene rings is 1. The Labute approximate surface area is 136 Å². The van der Waals surface area contributed by atoms with E-state index in [1.807, 2.05) is 18.3 Å². The van der Waals surface area contributed by atoms with Gasteiger partial charge in [-0.2, -0.15) is 0 Å². The number of likely N-dealkylation sites (tertiary alicyclic amines) is 1. The molecule has 0 spiro atoms. The molecule has 2 heterocycles. The molecule has 0 radical (unpaired) electrons. The standard InChI is InChI=1S/C18H23N3O2/c1-2-9-21-11-8-19-17(21)13-20-10-7-16(12-20)14-3-5-15(6-4-14)18(22)23/h3-6,8,11,16H,2,7,9-10,12-13H2,1H3,(H,22,23). The molecule has 1 atom stereocenters. The van der Waals surface area contributed by atoms with Crippen LogP contribution in [0.4, 0.5) is 0 Å². The lowest BCUT2D eigenvalue weighted by molar-refractivity contribution is 0.0697. The molecule has 5 heteroatoms. The van der Waals surface area contributed by atoms with E-state index < -0.39 is 5.97 Å². The fourth-order valence-corrected chi connectivity index (χ4v) is 3.28. The van der Waals surface area contributed by atoms with Crippen LogP contribution in [0.1, 0.15) is 47.4 Å². The van der Waals surface area contributed by atoms with Crippen molar-refractivity contribution in [2.45, 2.75) is 38.8 Å². The molecule has 23 heavy (non-hydrogen) atoms. The summed E-state index contributed by atoms with van der Waals surface area (Å²) in [7, 11) is 0. The Bertz CT molecular complexity index is 663. The summed E-state index contributed by atoms with van der Waals surface area (Å²) in [6.45, 7) is 6.14. The Hall–Kier alpha value is -2.14. The van der Waals surface area contributed by atoms with Crippen molar-refractivity contribution in [2.24, 2.45) is 0 Å². The van der Waals surface area contributed by atoms with Crippen LogP contribution in [-0.4, -0.2) is 38.6 Å². The zero-order valence-corrected chi connectivity index (χ0v) is 13.5. The first-order valence-electron chi connectivity index (χ1n) is 8.23. The van der Waals surface area contributed by atoms with Gasteiger partial charge in [0.2, 0.25) is 0 Å². The summed E-state index contributed by atoms with van der Waals surface area (Å²) in [5, 5.41) is 8.98. The number of aromatic nitrogens is 2. The highest BCUT2D eigenvalue weighted by molar-refractivity contribution is 5.87. The van der Waals surface area contributed by atoms with Crippen LogP contribution in [0, 0.1) is 0 Å². The van der Waals surface area contributed by atoms with Crippen LogP contribution < -0.4 is 0 Å². The van der Waals surface area contributed by atoms with E-state index >= 15 is 0 Å². The van der Waals surface area contributed by atoms with Crippen LogP contribution in [0.15, 0.2) is 36.7 Å². The van der Waals surface area contributed by atoms with Crippen molar-refractivity contribution in [3.63, 3.8) is 0 Å². The largest absolute Gasteiger partial charge is 0.478 e. The number of rotatable bonds is 6. The quantitative estimate of drug-likeness (QED) is 0.890. The summed E-state index contributed by atoms with van der Waals surface area (Å²) in [4.78, 5) is 17.8. The van der Waals surface area contributed by atoms with Crippen molar-refractivity contribution in [2.75, 3.05) is 13.1 Å². The smallest absolute Gasteiger partial charge is 0.335 e. The lowest BCUT2D eigenvalue weighted by Gasteiger charge is -2.17. The minimum atomic E-state index is -0.868. The van der Waals surface area contributed by atoms with Crippen molar-refractivity contribution >= 4 is 5.97 Å². The number of carboxylic acid groups (broad SMARTS) is 1. The van der Waals surface area contributed by atoms with Gasteiger partial charge in [-0.1, -0.05) is 19.1 Å². The van der Waals surface area contributed by atoms with Crippen LogP contribution in [0.5, 0.6) is 0 Å². The van der Waals surface area contributed by atoms with Crippen molar-refractivity contribution < 1.29 is 9.90 Å². The molecule has 1 fully saturated rings. The Balaban J connectivity index is 1.61.